The first-order valence-corrected chi connectivity index (χ1v) is 7.98. The third-order valence-electron chi connectivity index (χ3n) is 3.52. The molecule has 0 saturated heterocycles. The topological polar surface area (TPSA) is 20.2 Å². The number of benzene rings is 1. The summed E-state index contributed by atoms with van der Waals surface area (Å²) in [7, 11) is 0. The van der Waals surface area contributed by atoms with Gasteiger partial charge >= 0.3 is 0 Å². The van der Waals surface area contributed by atoms with E-state index in [1.807, 2.05) is 0 Å². The second kappa shape index (κ2) is 5.35. The zero-order chi connectivity index (χ0) is 13.4. The Hall–Kier alpha value is -0.710. The maximum Gasteiger partial charge on any atom is 0.126 e. The normalized spacial score (nSPS) is 15.5. The van der Waals surface area contributed by atoms with E-state index in [1.165, 1.54) is 22.9 Å². The maximum absolute atomic E-state index is 13.7. The van der Waals surface area contributed by atoms with Crippen LogP contribution in [-0.2, 0) is 19.3 Å². The Morgan fingerprint density at radius 3 is 2.95 bits per heavy atom. The standard InChI is InChI=1S/C15H14BrFOS/c16-11-4-5-12(17)10(6-11)7-13(18)15-8-9-2-1-3-14(9)19-15/h4-6,8,13,18H,1-3,7H2. The highest BCUT2D eigenvalue weighted by molar-refractivity contribution is 9.10. The molecule has 0 aliphatic heterocycles. The fourth-order valence-electron chi connectivity index (χ4n) is 2.52. The molecule has 1 N–H and O–H groups in total. The van der Waals surface area contributed by atoms with Gasteiger partial charge < -0.3 is 5.11 Å². The number of hydrogen-bond acceptors (Lipinski definition) is 2. The quantitative estimate of drug-likeness (QED) is 0.877. The Morgan fingerprint density at radius 2 is 2.16 bits per heavy atom. The number of aliphatic hydroxyl groups excluding tert-OH is 1. The third kappa shape index (κ3) is 2.76. The molecule has 100 valence electrons. The lowest BCUT2D eigenvalue weighted by Gasteiger charge is -2.10. The zero-order valence-electron chi connectivity index (χ0n) is 10.3. The van der Waals surface area contributed by atoms with Crippen molar-refractivity contribution in [3.63, 3.8) is 0 Å². The van der Waals surface area contributed by atoms with Crippen LogP contribution in [-0.4, -0.2) is 5.11 Å². The molecule has 0 spiro atoms. The molecule has 1 aliphatic carbocycles. The Kier molecular flexibility index (Phi) is 3.74. The van der Waals surface area contributed by atoms with Crippen LogP contribution < -0.4 is 0 Å². The van der Waals surface area contributed by atoms with E-state index in [-0.39, 0.29) is 5.82 Å². The lowest BCUT2D eigenvalue weighted by atomic mass is 10.1. The molecular formula is C15H14BrFOS. The van der Waals surface area contributed by atoms with Crippen LogP contribution in [0.5, 0.6) is 0 Å². The fraction of sp³-hybridized carbons (Fsp3) is 0.333. The first-order valence-electron chi connectivity index (χ1n) is 6.37. The van der Waals surface area contributed by atoms with Gasteiger partial charge in [-0.1, -0.05) is 15.9 Å². The van der Waals surface area contributed by atoms with E-state index in [0.717, 1.165) is 22.2 Å². The minimum Gasteiger partial charge on any atom is -0.387 e. The summed E-state index contributed by atoms with van der Waals surface area (Å²) in [5.41, 5.74) is 1.92. The van der Waals surface area contributed by atoms with Gasteiger partial charge in [0, 0.05) is 20.6 Å². The van der Waals surface area contributed by atoms with E-state index in [0.29, 0.717) is 12.0 Å². The molecule has 0 fully saturated rings. The monoisotopic (exact) mass is 340 g/mol. The van der Waals surface area contributed by atoms with Crippen molar-refractivity contribution < 1.29 is 9.50 Å². The summed E-state index contributed by atoms with van der Waals surface area (Å²) in [4.78, 5) is 2.35. The van der Waals surface area contributed by atoms with Crippen molar-refractivity contribution in [2.75, 3.05) is 0 Å². The Balaban J connectivity index is 1.80. The minimum absolute atomic E-state index is 0.258. The van der Waals surface area contributed by atoms with Crippen LogP contribution >= 0.6 is 27.3 Å². The lowest BCUT2D eigenvalue weighted by molar-refractivity contribution is 0.181. The Bertz CT molecular complexity index is 587. The van der Waals surface area contributed by atoms with Crippen LogP contribution in [0.15, 0.2) is 28.7 Å². The van der Waals surface area contributed by atoms with Gasteiger partial charge in [-0.05, 0) is 54.7 Å². The molecule has 2 aromatic rings. The fourth-order valence-corrected chi connectivity index (χ4v) is 4.18. The van der Waals surface area contributed by atoms with Crippen LogP contribution in [0.25, 0.3) is 0 Å². The maximum atomic E-state index is 13.7. The molecule has 4 heteroatoms. The zero-order valence-corrected chi connectivity index (χ0v) is 12.7. The van der Waals surface area contributed by atoms with Crippen molar-refractivity contribution in [2.24, 2.45) is 0 Å². The second-order valence-electron chi connectivity index (χ2n) is 4.91. The van der Waals surface area contributed by atoms with Gasteiger partial charge in [-0.25, -0.2) is 4.39 Å². The summed E-state index contributed by atoms with van der Waals surface area (Å²) >= 11 is 5.01. The summed E-state index contributed by atoms with van der Waals surface area (Å²) in [5.74, 6) is -0.258. The number of aliphatic hydroxyl groups is 1. The molecular weight excluding hydrogens is 327 g/mol. The van der Waals surface area contributed by atoms with Gasteiger partial charge in [-0.3, -0.25) is 0 Å². The van der Waals surface area contributed by atoms with Gasteiger partial charge in [0.1, 0.15) is 5.82 Å². The number of thiophene rings is 1. The minimum atomic E-state index is -0.612. The molecule has 1 aliphatic rings. The molecule has 3 rings (SSSR count). The van der Waals surface area contributed by atoms with E-state index in [4.69, 9.17) is 0 Å². The first kappa shape index (κ1) is 13.3. The number of aryl methyl sites for hydroxylation is 2. The predicted octanol–water partition coefficient (Wildman–Crippen LogP) is 4.41. The van der Waals surface area contributed by atoms with Crippen LogP contribution in [0.1, 0.15) is 33.4 Å². The summed E-state index contributed by atoms with van der Waals surface area (Å²) in [6.45, 7) is 0. The summed E-state index contributed by atoms with van der Waals surface area (Å²) < 4.78 is 14.5. The van der Waals surface area contributed by atoms with Crippen LogP contribution in [0.2, 0.25) is 0 Å². The number of rotatable bonds is 3. The molecule has 1 aromatic carbocycles. The van der Waals surface area contributed by atoms with Gasteiger partial charge in [-0.2, -0.15) is 0 Å². The van der Waals surface area contributed by atoms with Crippen molar-refractivity contribution in [2.45, 2.75) is 31.8 Å². The van der Waals surface area contributed by atoms with Gasteiger partial charge in [0.05, 0.1) is 6.10 Å². The molecule has 1 heterocycles. The van der Waals surface area contributed by atoms with E-state index >= 15 is 0 Å². The molecule has 1 atom stereocenters. The van der Waals surface area contributed by atoms with Crippen LogP contribution in [0.3, 0.4) is 0 Å². The van der Waals surface area contributed by atoms with Crippen molar-refractivity contribution in [1.29, 1.82) is 0 Å². The van der Waals surface area contributed by atoms with Crippen molar-refractivity contribution in [3.05, 3.63) is 55.4 Å². The van der Waals surface area contributed by atoms with E-state index in [1.54, 1.807) is 23.5 Å². The SMILES string of the molecule is OC(Cc1cc(Br)ccc1F)c1cc2c(s1)CCC2. The lowest BCUT2D eigenvalue weighted by Crippen LogP contribution is -2.02. The number of fused-ring (bicyclic) bond motifs is 1. The average molecular weight is 341 g/mol. The highest BCUT2D eigenvalue weighted by Crippen LogP contribution is 2.35. The molecule has 0 radical (unpaired) electrons. The van der Waals surface area contributed by atoms with Crippen molar-refractivity contribution >= 4 is 27.3 Å². The summed E-state index contributed by atoms with van der Waals surface area (Å²) in [6, 6.07) is 6.93. The molecule has 0 saturated carbocycles. The summed E-state index contributed by atoms with van der Waals surface area (Å²) in [6.07, 6.45) is 3.17. The van der Waals surface area contributed by atoms with Crippen molar-refractivity contribution in [1.82, 2.24) is 0 Å². The summed E-state index contributed by atoms with van der Waals surface area (Å²) in [5, 5.41) is 10.3. The highest BCUT2D eigenvalue weighted by Gasteiger charge is 2.19. The first-order chi connectivity index (χ1) is 9.13. The average Bonchev–Trinajstić information content (AvgIpc) is 2.94. The van der Waals surface area contributed by atoms with E-state index < -0.39 is 6.10 Å². The van der Waals surface area contributed by atoms with Gasteiger partial charge in [-0.15, -0.1) is 11.3 Å². The van der Waals surface area contributed by atoms with Gasteiger partial charge in [0.2, 0.25) is 0 Å². The predicted molar refractivity (Wildman–Crippen MR) is 79.1 cm³/mol. The number of halogens is 2. The van der Waals surface area contributed by atoms with Crippen LogP contribution in [0, 0.1) is 5.82 Å². The Morgan fingerprint density at radius 1 is 1.32 bits per heavy atom. The molecule has 1 unspecified atom stereocenters. The smallest absolute Gasteiger partial charge is 0.126 e. The van der Waals surface area contributed by atoms with E-state index in [9.17, 15) is 9.50 Å². The largest absolute Gasteiger partial charge is 0.387 e. The van der Waals surface area contributed by atoms with Gasteiger partial charge in [0.25, 0.3) is 0 Å². The van der Waals surface area contributed by atoms with Crippen LogP contribution in [0.4, 0.5) is 4.39 Å². The van der Waals surface area contributed by atoms with E-state index in [2.05, 4.69) is 22.0 Å². The highest BCUT2D eigenvalue weighted by atomic mass is 79.9. The molecule has 0 bridgehead atoms. The number of hydrogen-bond donors (Lipinski definition) is 1. The molecule has 1 aromatic heterocycles. The Labute approximate surface area is 124 Å². The van der Waals surface area contributed by atoms with Crippen molar-refractivity contribution in [3.8, 4) is 0 Å². The third-order valence-corrected chi connectivity index (χ3v) is 5.35. The molecule has 19 heavy (non-hydrogen) atoms. The molecule has 1 nitrogen and oxygen atoms in total. The molecule has 0 amide bonds. The van der Waals surface area contributed by atoms with Gasteiger partial charge in [0.15, 0.2) is 0 Å². The second-order valence-corrected chi connectivity index (χ2v) is 6.99.